The molecule has 7 heteroatoms. The van der Waals surface area contributed by atoms with E-state index in [1.807, 2.05) is 26.8 Å². The van der Waals surface area contributed by atoms with Crippen LogP contribution in [0.2, 0.25) is 0 Å². The van der Waals surface area contributed by atoms with Crippen LogP contribution in [-0.2, 0) is 9.59 Å². The van der Waals surface area contributed by atoms with Crippen molar-refractivity contribution in [2.45, 2.75) is 33.2 Å². The average Bonchev–Trinajstić information content (AvgIpc) is 2.85. The summed E-state index contributed by atoms with van der Waals surface area (Å²) < 4.78 is 13.3. The maximum Gasteiger partial charge on any atom is 0.332 e. The van der Waals surface area contributed by atoms with E-state index in [1.165, 1.54) is 23.1 Å². The van der Waals surface area contributed by atoms with Gasteiger partial charge in [0.15, 0.2) is 0 Å². The highest BCUT2D eigenvalue weighted by Crippen LogP contribution is 2.28. The number of rotatable bonds is 6. The van der Waals surface area contributed by atoms with E-state index in [0.29, 0.717) is 17.9 Å². The molecule has 0 spiro atoms. The Balaban J connectivity index is 1.83. The molecule has 1 heterocycles. The third-order valence-corrected chi connectivity index (χ3v) is 4.63. The fourth-order valence-corrected chi connectivity index (χ4v) is 3.39. The van der Waals surface area contributed by atoms with Crippen LogP contribution in [0, 0.1) is 18.7 Å². The lowest BCUT2D eigenvalue weighted by molar-refractivity contribution is -0.124. The van der Waals surface area contributed by atoms with Gasteiger partial charge in [-0.3, -0.25) is 9.59 Å². The van der Waals surface area contributed by atoms with E-state index in [1.54, 1.807) is 24.3 Å². The molecule has 4 amide bonds. The lowest BCUT2D eigenvalue weighted by atomic mass is 10.1. The molecule has 2 aromatic rings. The maximum atomic E-state index is 13.3. The van der Waals surface area contributed by atoms with Crippen LogP contribution in [0.1, 0.15) is 25.8 Å². The third-order valence-electron chi connectivity index (χ3n) is 4.63. The molecule has 3 rings (SSSR count). The molecule has 0 unspecified atom stereocenters. The summed E-state index contributed by atoms with van der Waals surface area (Å²) in [5, 5.41) is 2.59. The first-order chi connectivity index (χ1) is 13.8. The molecular formula is C22H24FN3O3. The van der Waals surface area contributed by atoms with Crippen LogP contribution in [0.5, 0.6) is 0 Å². The smallest absolute Gasteiger partial charge is 0.326 e. The number of aryl methyl sites for hydroxylation is 1. The summed E-state index contributed by atoms with van der Waals surface area (Å²) in [5.41, 5.74) is 1.71. The van der Waals surface area contributed by atoms with Gasteiger partial charge in [-0.15, -0.1) is 0 Å². The number of imide groups is 1. The number of hydrogen-bond acceptors (Lipinski definition) is 3. The number of amides is 4. The molecule has 1 fully saturated rings. The van der Waals surface area contributed by atoms with Crippen LogP contribution in [0.15, 0.2) is 48.5 Å². The molecule has 2 aromatic carbocycles. The van der Waals surface area contributed by atoms with Crippen LogP contribution >= 0.6 is 0 Å². The number of nitrogens with one attached hydrogen (secondary N) is 1. The Labute approximate surface area is 169 Å². The molecule has 1 atom stereocenters. The Morgan fingerprint density at radius 3 is 2.52 bits per heavy atom. The minimum Gasteiger partial charge on any atom is -0.326 e. The van der Waals surface area contributed by atoms with Crippen molar-refractivity contribution in [2.24, 2.45) is 5.92 Å². The van der Waals surface area contributed by atoms with Crippen LogP contribution in [0.25, 0.3) is 0 Å². The van der Waals surface area contributed by atoms with E-state index in [9.17, 15) is 18.8 Å². The largest absolute Gasteiger partial charge is 0.332 e. The number of halogens is 1. The molecule has 0 aliphatic carbocycles. The molecule has 1 N–H and O–H groups in total. The Hall–Kier alpha value is -3.22. The zero-order valence-corrected chi connectivity index (χ0v) is 16.7. The molecule has 29 heavy (non-hydrogen) atoms. The predicted octanol–water partition coefficient (Wildman–Crippen LogP) is 3.96. The van der Waals surface area contributed by atoms with Crippen molar-refractivity contribution in [3.63, 3.8) is 0 Å². The molecule has 1 aliphatic rings. The molecule has 0 saturated carbocycles. The summed E-state index contributed by atoms with van der Waals surface area (Å²) in [6, 6.07) is 11.3. The molecule has 0 radical (unpaired) electrons. The number of carbonyl (C=O) groups is 3. The van der Waals surface area contributed by atoms with Gasteiger partial charge in [0.25, 0.3) is 5.91 Å². The highest BCUT2D eigenvalue weighted by molar-refractivity contribution is 6.22. The summed E-state index contributed by atoms with van der Waals surface area (Å²) in [6.07, 6.45) is -0.198. The van der Waals surface area contributed by atoms with Crippen LogP contribution in [0.4, 0.5) is 20.6 Å². The van der Waals surface area contributed by atoms with Crippen LogP contribution in [-0.4, -0.2) is 35.3 Å². The van der Waals surface area contributed by atoms with Gasteiger partial charge in [0, 0.05) is 12.2 Å². The lowest BCUT2D eigenvalue weighted by Gasteiger charge is -2.23. The monoisotopic (exact) mass is 397 g/mol. The first-order valence-electron chi connectivity index (χ1n) is 9.53. The molecule has 6 nitrogen and oxygen atoms in total. The Kier molecular flexibility index (Phi) is 5.96. The number of anilines is 2. The van der Waals surface area contributed by atoms with Crippen molar-refractivity contribution in [1.82, 2.24) is 4.90 Å². The molecule has 152 valence electrons. The number of carbonyl (C=O) groups excluding carboxylic acids is 3. The molecule has 1 saturated heterocycles. The summed E-state index contributed by atoms with van der Waals surface area (Å²) >= 11 is 0. The van der Waals surface area contributed by atoms with E-state index in [0.717, 1.165) is 10.5 Å². The number of urea groups is 1. The number of hydrogen-bond donors (Lipinski definition) is 1. The highest BCUT2D eigenvalue weighted by Gasteiger charge is 2.46. The molecule has 0 aromatic heterocycles. The second kappa shape index (κ2) is 8.43. The molecule has 1 aliphatic heterocycles. The Morgan fingerprint density at radius 2 is 1.86 bits per heavy atom. The van der Waals surface area contributed by atoms with Crippen molar-refractivity contribution in [2.75, 3.05) is 16.8 Å². The SMILES string of the molecule is Cc1cccc(N2C(=O)[C@H](CC(=O)Nc3cccc(F)c3)N(CC(C)C)C2=O)c1. The topological polar surface area (TPSA) is 69.7 Å². The van der Waals surface area contributed by atoms with E-state index in [-0.39, 0.29) is 12.3 Å². The molecular weight excluding hydrogens is 373 g/mol. The van der Waals surface area contributed by atoms with Gasteiger partial charge < -0.3 is 10.2 Å². The summed E-state index contributed by atoms with van der Waals surface area (Å²) in [6.45, 7) is 6.11. The quantitative estimate of drug-likeness (QED) is 0.750. The summed E-state index contributed by atoms with van der Waals surface area (Å²) in [4.78, 5) is 41.2. The van der Waals surface area contributed by atoms with Crippen molar-refractivity contribution < 1.29 is 18.8 Å². The van der Waals surface area contributed by atoms with Crippen molar-refractivity contribution in [3.05, 3.63) is 59.9 Å². The van der Waals surface area contributed by atoms with E-state index < -0.39 is 29.7 Å². The third kappa shape index (κ3) is 4.62. The number of benzene rings is 2. The zero-order chi connectivity index (χ0) is 21.1. The Bertz CT molecular complexity index is 944. The standard InChI is InChI=1S/C22H24FN3O3/c1-14(2)13-25-19(12-20(27)24-17-8-5-7-16(23)11-17)21(28)26(22(25)29)18-9-4-6-15(3)10-18/h4-11,14,19H,12-13H2,1-3H3,(H,24,27)/t19-/m0/s1. The normalized spacial score (nSPS) is 16.7. The summed E-state index contributed by atoms with van der Waals surface area (Å²) in [7, 11) is 0. The van der Waals surface area contributed by atoms with Gasteiger partial charge in [0.1, 0.15) is 11.9 Å². The van der Waals surface area contributed by atoms with Gasteiger partial charge in [-0.05, 0) is 48.7 Å². The molecule has 0 bridgehead atoms. The van der Waals surface area contributed by atoms with Gasteiger partial charge in [0.2, 0.25) is 5.91 Å². The van der Waals surface area contributed by atoms with Crippen molar-refractivity contribution >= 4 is 29.2 Å². The second-order valence-corrected chi connectivity index (χ2v) is 7.62. The van der Waals surface area contributed by atoms with Gasteiger partial charge in [-0.25, -0.2) is 14.1 Å². The van der Waals surface area contributed by atoms with Gasteiger partial charge in [-0.2, -0.15) is 0 Å². The van der Waals surface area contributed by atoms with Crippen molar-refractivity contribution in [3.8, 4) is 0 Å². The van der Waals surface area contributed by atoms with Gasteiger partial charge in [-0.1, -0.05) is 32.0 Å². The maximum absolute atomic E-state index is 13.3. The zero-order valence-electron chi connectivity index (χ0n) is 16.7. The van der Waals surface area contributed by atoms with E-state index in [4.69, 9.17) is 0 Å². The number of nitrogens with zero attached hydrogens (tertiary/aromatic N) is 2. The van der Waals surface area contributed by atoms with E-state index >= 15 is 0 Å². The first-order valence-corrected chi connectivity index (χ1v) is 9.53. The van der Waals surface area contributed by atoms with Crippen LogP contribution in [0.3, 0.4) is 0 Å². The fraction of sp³-hybridized carbons (Fsp3) is 0.318. The van der Waals surface area contributed by atoms with E-state index in [2.05, 4.69) is 5.32 Å². The van der Waals surface area contributed by atoms with Gasteiger partial charge in [0.05, 0.1) is 12.1 Å². The lowest BCUT2D eigenvalue weighted by Crippen LogP contribution is -2.40. The minimum absolute atomic E-state index is 0.123. The average molecular weight is 397 g/mol. The second-order valence-electron chi connectivity index (χ2n) is 7.62. The van der Waals surface area contributed by atoms with Crippen molar-refractivity contribution in [1.29, 1.82) is 0 Å². The fourth-order valence-electron chi connectivity index (χ4n) is 3.39. The predicted molar refractivity (Wildman–Crippen MR) is 109 cm³/mol. The Morgan fingerprint density at radius 1 is 1.14 bits per heavy atom. The first kappa shape index (κ1) is 20.5. The minimum atomic E-state index is -0.904. The van der Waals surface area contributed by atoms with Crippen LogP contribution < -0.4 is 10.2 Å². The van der Waals surface area contributed by atoms with Gasteiger partial charge >= 0.3 is 6.03 Å². The highest BCUT2D eigenvalue weighted by atomic mass is 19.1. The summed E-state index contributed by atoms with van der Waals surface area (Å²) in [5.74, 6) is -1.24.